The number of H-pyrrole nitrogens is 1. The summed E-state index contributed by atoms with van der Waals surface area (Å²) < 4.78 is 0. The maximum absolute atomic E-state index is 4.68. The summed E-state index contributed by atoms with van der Waals surface area (Å²) in [6, 6.07) is 2.30. The molecular weight excluding hydrogens is 306 g/mol. The molecule has 0 fully saturated rings. The van der Waals surface area contributed by atoms with Crippen LogP contribution in [0.15, 0.2) is 12.3 Å². The molecule has 0 saturated heterocycles. The van der Waals surface area contributed by atoms with E-state index >= 15 is 0 Å². The van der Waals surface area contributed by atoms with Gasteiger partial charge in [0.1, 0.15) is 5.82 Å². The number of nitrogens with zero attached hydrogens (tertiary/aromatic N) is 2. The summed E-state index contributed by atoms with van der Waals surface area (Å²) in [5, 5.41) is 0. The van der Waals surface area contributed by atoms with E-state index in [9.17, 15) is 0 Å². The van der Waals surface area contributed by atoms with Crippen LogP contribution in [0.5, 0.6) is 0 Å². The highest BCUT2D eigenvalue weighted by Crippen LogP contribution is 2.27. The normalized spacial score (nSPS) is 12.8. The van der Waals surface area contributed by atoms with Gasteiger partial charge in [0.05, 0.1) is 5.52 Å². The molecule has 1 atom stereocenters. The molecule has 2 aromatic heterocycles. The molecule has 3 nitrogen and oxygen atoms in total. The molecule has 0 amide bonds. The van der Waals surface area contributed by atoms with Crippen molar-refractivity contribution in [3.63, 3.8) is 0 Å². The number of nitrogens with one attached hydrogen (secondary N) is 1. The average molecular weight is 344 g/mol. The van der Waals surface area contributed by atoms with E-state index in [-0.39, 0.29) is 0 Å². The molecule has 0 aliphatic heterocycles. The number of hydrogen-bond donors (Lipinski definition) is 1. The number of rotatable bonds is 13. The van der Waals surface area contributed by atoms with Gasteiger partial charge in [-0.15, -0.1) is 0 Å². The number of fused-ring (bicyclic) bond motifs is 1. The first kappa shape index (κ1) is 19.9. The maximum atomic E-state index is 4.68. The lowest BCUT2D eigenvalue weighted by Crippen LogP contribution is -1.98. The molecule has 0 spiro atoms. The highest BCUT2D eigenvalue weighted by molar-refractivity contribution is 5.71. The highest BCUT2D eigenvalue weighted by Gasteiger charge is 2.12. The van der Waals surface area contributed by atoms with Crippen LogP contribution < -0.4 is 0 Å². The van der Waals surface area contributed by atoms with Crippen LogP contribution in [0.3, 0.4) is 0 Å². The van der Waals surface area contributed by atoms with Crippen molar-refractivity contribution in [2.75, 3.05) is 0 Å². The van der Waals surface area contributed by atoms with Crippen molar-refractivity contribution in [3.05, 3.63) is 23.7 Å². The highest BCUT2D eigenvalue weighted by atomic mass is 15.0. The lowest BCUT2D eigenvalue weighted by Gasteiger charge is -2.14. The van der Waals surface area contributed by atoms with Crippen LogP contribution in [0.4, 0.5) is 0 Å². The lowest BCUT2D eigenvalue weighted by atomic mass is 9.92. The maximum Gasteiger partial charge on any atom is 0.177 e. The molecule has 2 aromatic rings. The summed E-state index contributed by atoms with van der Waals surface area (Å²) in [6.07, 6.45) is 17.4. The van der Waals surface area contributed by atoms with Gasteiger partial charge in [0, 0.05) is 12.6 Å². The van der Waals surface area contributed by atoms with Gasteiger partial charge >= 0.3 is 0 Å². The van der Waals surface area contributed by atoms with Crippen molar-refractivity contribution in [1.82, 2.24) is 15.0 Å². The van der Waals surface area contributed by atoms with Gasteiger partial charge < -0.3 is 4.98 Å². The van der Waals surface area contributed by atoms with Gasteiger partial charge in [-0.2, -0.15) is 0 Å². The monoisotopic (exact) mass is 343 g/mol. The van der Waals surface area contributed by atoms with Crippen LogP contribution in [0.2, 0.25) is 0 Å². The third-order valence-electron chi connectivity index (χ3n) is 5.30. The van der Waals surface area contributed by atoms with Crippen LogP contribution in [0, 0.1) is 0 Å². The Balaban J connectivity index is 1.93. The molecule has 2 rings (SSSR count). The Morgan fingerprint density at radius 2 is 1.64 bits per heavy atom. The van der Waals surface area contributed by atoms with E-state index in [4.69, 9.17) is 0 Å². The van der Waals surface area contributed by atoms with Crippen LogP contribution in [0.25, 0.3) is 11.2 Å². The Morgan fingerprint density at radius 1 is 0.920 bits per heavy atom. The van der Waals surface area contributed by atoms with Crippen molar-refractivity contribution in [1.29, 1.82) is 0 Å². The van der Waals surface area contributed by atoms with Crippen LogP contribution >= 0.6 is 0 Å². The van der Waals surface area contributed by atoms with Crippen LogP contribution in [0.1, 0.15) is 109 Å². The lowest BCUT2D eigenvalue weighted by molar-refractivity contribution is 0.542. The first-order valence-corrected chi connectivity index (χ1v) is 10.6. The summed E-state index contributed by atoms with van der Waals surface area (Å²) in [5.41, 5.74) is 3.38. The predicted molar refractivity (Wildman–Crippen MR) is 108 cm³/mol. The first-order chi connectivity index (χ1) is 12.3. The number of unbranched alkanes of at least 4 members (excludes halogenated alkanes) is 7. The van der Waals surface area contributed by atoms with Gasteiger partial charge in [-0.1, -0.05) is 72.1 Å². The zero-order valence-corrected chi connectivity index (χ0v) is 16.6. The van der Waals surface area contributed by atoms with Gasteiger partial charge in [-0.3, -0.25) is 0 Å². The van der Waals surface area contributed by atoms with Gasteiger partial charge in [0.2, 0.25) is 0 Å². The second kappa shape index (κ2) is 11.3. The molecule has 3 heteroatoms. The Hall–Kier alpha value is -1.38. The molecule has 1 N–H and O–H groups in total. The van der Waals surface area contributed by atoms with Crippen molar-refractivity contribution in [2.24, 2.45) is 0 Å². The Morgan fingerprint density at radius 3 is 2.36 bits per heavy atom. The smallest absolute Gasteiger partial charge is 0.177 e. The molecule has 0 saturated carbocycles. The van der Waals surface area contributed by atoms with E-state index in [1.54, 1.807) is 0 Å². The predicted octanol–water partition coefficient (Wildman–Crippen LogP) is 6.93. The minimum Gasteiger partial charge on any atom is -0.341 e. The summed E-state index contributed by atoms with van der Waals surface area (Å²) >= 11 is 0. The molecule has 0 bridgehead atoms. The average Bonchev–Trinajstić information content (AvgIpc) is 3.03. The zero-order valence-electron chi connectivity index (χ0n) is 16.6. The minimum atomic E-state index is 0.634. The standard InChI is InChI=1S/C22H37N3/c1-4-7-9-11-13-15-21-24-20-16-19(17-23-22(20)25-21)18(6-3)14-12-10-8-5-2/h16-18H,4-15H2,1-3H3,(H,23,24,25). The quantitative estimate of drug-likeness (QED) is 0.400. The fourth-order valence-electron chi connectivity index (χ4n) is 3.63. The Labute approximate surface area is 154 Å². The van der Waals surface area contributed by atoms with E-state index in [1.165, 1.54) is 76.2 Å². The molecular formula is C22H37N3. The van der Waals surface area contributed by atoms with E-state index in [1.807, 2.05) is 0 Å². The molecule has 0 radical (unpaired) electrons. The van der Waals surface area contributed by atoms with E-state index in [0.717, 1.165) is 23.4 Å². The minimum absolute atomic E-state index is 0.634. The molecule has 0 aromatic carbocycles. The number of aromatic nitrogens is 3. The van der Waals surface area contributed by atoms with Crippen molar-refractivity contribution in [2.45, 2.75) is 104 Å². The molecule has 25 heavy (non-hydrogen) atoms. The largest absolute Gasteiger partial charge is 0.341 e. The Kier molecular flexibility index (Phi) is 8.99. The summed E-state index contributed by atoms with van der Waals surface area (Å²) in [4.78, 5) is 12.8. The third kappa shape index (κ3) is 6.45. The van der Waals surface area contributed by atoms with Gasteiger partial charge in [-0.25, -0.2) is 9.97 Å². The second-order valence-electron chi connectivity index (χ2n) is 7.44. The van der Waals surface area contributed by atoms with Gasteiger partial charge in [0.15, 0.2) is 5.65 Å². The van der Waals surface area contributed by atoms with Crippen LogP contribution in [-0.4, -0.2) is 15.0 Å². The van der Waals surface area contributed by atoms with E-state index in [2.05, 4.69) is 48.0 Å². The second-order valence-corrected chi connectivity index (χ2v) is 7.44. The summed E-state index contributed by atoms with van der Waals surface area (Å²) in [5.74, 6) is 1.74. The van der Waals surface area contributed by atoms with Gasteiger partial charge in [0.25, 0.3) is 0 Å². The van der Waals surface area contributed by atoms with E-state index < -0.39 is 0 Å². The third-order valence-corrected chi connectivity index (χ3v) is 5.30. The number of aryl methyl sites for hydroxylation is 1. The van der Waals surface area contributed by atoms with Crippen molar-refractivity contribution < 1.29 is 0 Å². The number of aromatic amines is 1. The number of hydrogen-bond acceptors (Lipinski definition) is 2. The van der Waals surface area contributed by atoms with E-state index in [0.29, 0.717) is 5.92 Å². The number of pyridine rings is 1. The molecule has 2 heterocycles. The zero-order chi connectivity index (χ0) is 17.9. The molecule has 1 unspecified atom stereocenters. The SMILES string of the molecule is CCCCCCCc1nc2ncc(C(CC)CCCCCC)cc2[nH]1. The topological polar surface area (TPSA) is 41.6 Å². The number of imidazole rings is 1. The van der Waals surface area contributed by atoms with Crippen molar-refractivity contribution >= 4 is 11.2 Å². The Bertz CT molecular complexity index is 602. The van der Waals surface area contributed by atoms with Crippen LogP contribution in [-0.2, 0) is 6.42 Å². The molecule has 0 aliphatic carbocycles. The fraction of sp³-hybridized carbons (Fsp3) is 0.727. The molecule has 140 valence electrons. The molecule has 0 aliphatic rings. The van der Waals surface area contributed by atoms with Crippen molar-refractivity contribution in [3.8, 4) is 0 Å². The fourth-order valence-corrected chi connectivity index (χ4v) is 3.63. The van der Waals surface area contributed by atoms with Gasteiger partial charge in [-0.05, 0) is 36.8 Å². The summed E-state index contributed by atoms with van der Waals surface area (Å²) in [6.45, 7) is 6.83. The summed E-state index contributed by atoms with van der Waals surface area (Å²) in [7, 11) is 0. The first-order valence-electron chi connectivity index (χ1n) is 10.6.